The lowest BCUT2D eigenvalue weighted by Gasteiger charge is -2.27. The highest BCUT2D eigenvalue weighted by atomic mass is 32.2. The molecule has 2 amide bonds. The molecule has 0 radical (unpaired) electrons. The molecule has 2 aliphatic heterocycles. The number of carbonyl (C=O) groups excluding carboxylic acids is 2. The Kier molecular flexibility index (Phi) is 4.99. The highest BCUT2D eigenvalue weighted by Crippen LogP contribution is 2.30. The number of hydrogen-bond acceptors (Lipinski definition) is 5. The number of ether oxygens (including phenoxy) is 1. The third-order valence-corrected chi connectivity index (χ3v) is 7.02. The first-order chi connectivity index (χ1) is 11.9. The molecule has 2 saturated heterocycles. The van der Waals surface area contributed by atoms with Crippen molar-refractivity contribution >= 4 is 21.8 Å². The Balaban J connectivity index is 1.86. The first-order valence-corrected chi connectivity index (χ1v) is 9.92. The van der Waals surface area contributed by atoms with Gasteiger partial charge in [-0.1, -0.05) is 18.2 Å². The predicted molar refractivity (Wildman–Crippen MR) is 90.7 cm³/mol. The number of amides is 2. The molecule has 2 heterocycles. The maximum atomic E-state index is 12.9. The summed E-state index contributed by atoms with van der Waals surface area (Å²) in [5.74, 6) is -0.571. The van der Waals surface area contributed by atoms with Crippen LogP contribution < -0.4 is 0 Å². The van der Waals surface area contributed by atoms with Crippen LogP contribution in [0.3, 0.4) is 0 Å². The number of carbonyl (C=O) groups is 2. The first-order valence-electron chi connectivity index (χ1n) is 8.37. The number of nitrogens with zero attached hydrogens (tertiary/aromatic N) is 2. The molecular weight excluding hydrogens is 344 g/mol. The van der Waals surface area contributed by atoms with Gasteiger partial charge in [-0.05, 0) is 31.4 Å². The van der Waals surface area contributed by atoms with Crippen molar-refractivity contribution in [2.45, 2.75) is 35.4 Å². The van der Waals surface area contributed by atoms with Crippen molar-refractivity contribution in [2.24, 2.45) is 0 Å². The molecule has 2 aliphatic rings. The van der Waals surface area contributed by atoms with E-state index in [1.807, 2.05) is 0 Å². The third kappa shape index (κ3) is 3.35. The summed E-state index contributed by atoms with van der Waals surface area (Å²) in [4.78, 5) is 28.1. The van der Waals surface area contributed by atoms with E-state index in [-0.39, 0.29) is 23.9 Å². The Labute approximate surface area is 147 Å². The van der Waals surface area contributed by atoms with E-state index in [0.717, 1.165) is 12.8 Å². The van der Waals surface area contributed by atoms with Crippen LogP contribution in [0.1, 0.15) is 19.3 Å². The van der Waals surface area contributed by atoms with E-state index in [0.29, 0.717) is 13.1 Å². The van der Waals surface area contributed by atoms with Crippen molar-refractivity contribution in [2.75, 3.05) is 26.7 Å². The lowest BCUT2D eigenvalue weighted by atomic mass is 10.2. The molecule has 0 unspecified atom stereocenters. The molecule has 0 aliphatic carbocycles. The minimum absolute atomic E-state index is 0.00628. The monoisotopic (exact) mass is 366 g/mol. The number of esters is 1. The second-order valence-corrected chi connectivity index (χ2v) is 8.61. The molecule has 136 valence electrons. The molecule has 0 aromatic heterocycles. The Bertz CT molecular complexity index is 744. The molecule has 25 heavy (non-hydrogen) atoms. The lowest BCUT2D eigenvalue weighted by molar-refractivity contribution is -0.145. The quantitative estimate of drug-likeness (QED) is 0.753. The average molecular weight is 366 g/mol. The maximum absolute atomic E-state index is 12.9. The van der Waals surface area contributed by atoms with Crippen LogP contribution in [0, 0.1) is 0 Å². The van der Waals surface area contributed by atoms with Gasteiger partial charge in [0.25, 0.3) is 0 Å². The summed E-state index contributed by atoms with van der Waals surface area (Å²) in [5.41, 5.74) is 0. The normalized spacial score (nSPS) is 23.7. The predicted octanol–water partition coefficient (Wildman–Crippen LogP) is 1.29. The standard InChI is InChI=1S/C17H22N2O5S/c1-24-16(20)15-11-14(25(22,23)13-7-3-2-4-8-13)12-19(15)17(21)18-9-5-6-10-18/h2-4,7-8,14-15H,5-6,9-12H2,1H3/t14-,15+/m1/s1. The fraction of sp³-hybridized carbons (Fsp3) is 0.529. The highest BCUT2D eigenvalue weighted by Gasteiger charge is 2.47. The van der Waals surface area contributed by atoms with Gasteiger partial charge in [-0.15, -0.1) is 0 Å². The first kappa shape index (κ1) is 17.7. The van der Waals surface area contributed by atoms with Crippen molar-refractivity contribution in [3.63, 3.8) is 0 Å². The number of methoxy groups -OCH3 is 1. The van der Waals surface area contributed by atoms with Gasteiger partial charge < -0.3 is 14.5 Å². The molecule has 2 fully saturated rings. The van der Waals surface area contributed by atoms with Crippen molar-refractivity contribution in [3.05, 3.63) is 30.3 Å². The summed E-state index contributed by atoms with van der Waals surface area (Å²) in [5, 5.41) is -0.814. The highest BCUT2D eigenvalue weighted by molar-refractivity contribution is 7.92. The molecule has 1 aromatic rings. The van der Waals surface area contributed by atoms with E-state index in [9.17, 15) is 18.0 Å². The fourth-order valence-corrected chi connectivity index (χ4v) is 5.20. The molecule has 0 spiro atoms. The molecule has 0 bridgehead atoms. The van der Waals surface area contributed by atoms with Crippen LogP contribution in [0.25, 0.3) is 0 Å². The lowest BCUT2D eigenvalue weighted by Crippen LogP contribution is -2.47. The van der Waals surface area contributed by atoms with E-state index in [2.05, 4.69) is 0 Å². The Morgan fingerprint density at radius 1 is 1.12 bits per heavy atom. The number of rotatable bonds is 3. The molecule has 2 atom stereocenters. The number of benzene rings is 1. The van der Waals surface area contributed by atoms with Crippen LogP contribution in [-0.2, 0) is 19.4 Å². The number of sulfone groups is 1. The van der Waals surface area contributed by atoms with E-state index in [1.165, 1.54) is 24.1 Å². The van der Waals surface area contributed by atoms with Crippen LogP contribution in [0.2, 0.25) is 0 Å². The van der Waals surface area contributed by atoms with Crippen LogP contribution in [0.15, 0.2) is 35.2 Å². The van der Waals surface area contributed by atoms with E-state index < -0.39 is 27.1 Å². The van der Waals surface area contributed by atoms with Gasteiger partial charge in [0.2, 0.25) is 0 Å². The van der Waals surface area contributed by atoms with Gasteiger partial charge in [-0.25, -0.2) is 18.0 Å². The Morgan fingerprint density at radius 2 is 1.76 bits per heavy atom. The van der Waals surface area contributed by atoms with Gasteiger partial charge in [0.05, 0.1) is 17.3 Å². The molecule has 0 saturated carbocycles. The zero-order valence-corrected chi connectivity index (χ0v) is 14.9. The third-order valence-electron chi connectivity index (χ3n) is 4.87. The van der Waals surface area contributed by atoms with Gasteiger partial charge in [0, 0.05) is 19.6 Å². The topological polar surface area (TPSA) is 84.0 Å². The summed E-state index contributed by atoms with van der Waals surface area (Å²) in [6, 6.07) is 6.99. The second kappa shape index (κ2) is 7.03. The van der Waals surface area contributed by atoms with E-state index in [1.54, 1.807) is 23.1 Å². The Hall–Kier alpha value is -2.09. The average Bonchev–Trinajstić information content (AvgIpc) is 3.31. The van der Waals surface area contributed by atoms with Crippen LogP contribution >= 0.6 is 0 Å². The maximum Gasteiger partial charge on any atom is 0.328 e. The van der Waals surface area contributed by atoms with Crippen molar-refractivity contribution in [3.8, 4) is 0 Å². The van der Waals surface area contributed by atoms with Crippen molar-refractivity contribution in [1.29, 1.82) is 0 Å². The van der Waals surface area contributed by atoms with Gasteiger partial charge in [0.15, 0.2) is 9.84 Å². The summed E-state index contributed by atoms with van der Waals surface area (Å²) < 4.78 is 30.6. The minimum Gasteiger partial charge on any atom is -0.467 e. The summed E-state index contributed by atoms with van der Waals surface area (Å²) >= 11 is 0. The zero-order valence-electron chi connectivity index (χ0n) is 14.1. The largest absolute Gasteiger partial charge is 0.467 e. The van der Waals surface area contributed by atoms with Crippen LogP contribution in [0.4, 0.5) is 4.79 Å². The molecule has 8 heteroatoms. The summed E-state index contributed by atoms with van der Waals surface area (Å²) in [7, 11) is -2.37. The number of urea groups is 1. The van der Waals surface area contributed by atoms with Gasteiger partial charge in [0.1, 0.15) is 6.04 Å². The summed E-state index contributed by atoms with van der Waals surface area (Å²) in [6.45, 7) is 1.28. The van der Waals surface area contributed by atoms with Gasteiger partial charge in [-0.3, -0.25) is 0 Å². The zero-order chi connectivity index (χ0) is 18.0. The smallest absolute Gasteiger partial charge is 0.328 e. The SMILES string of the molecule is COC(=O)[C@@H]1C[C@@H](S(=O)(=O)c2ccccc2)CN1C(=O)N1CCCC1. The molecule has 1 aromatic carbocycles. The molecular formula is C17H22N2O5S. The molecule has 0 N–H and O–H groups in total. The van der Waals surface area contributed by atoms with E-state index >= 15 is 0 Å². The van der Waals surface area contributed by atoms with Crippen molar-refractivity contribution < 1.29 is 22.7 Å². The minimum atomic E-state index is -3.62. The number of hydrogen-bond donors (Lipinski definition) is 0. The number of likely N-dealkylation sites (tertiary alicyclic amines) is 2. The van der Waals surface area contributed by atoms with Crippen LogP contribution in [0.5, 0.6) is 0 Å². The van der Waals surface area contributed by atoms with E-state index in [4.69, 9.17) is 4.74 Å². The summed E-state index contributed by atoms with van der Waals surface area (Å²) in [6.07, 6.45) is 1.91. The van der Waals surface area contributed by atoms with Gasteiger partial charge >= 0.3 is 12.0 Å². The fourth-order valence-electron chi connectivity index (χ4n) is 3.49. The molecule has 3 rings (SSSR count). The Morgan fingerprint density at radius 3 is 2.36 bits per heavy atom. The molecule has 7 nitrogen and oxygen atoms in total. The van der Waals surface area contributed by atoms with Crippen LogP contribution in [-0.4, -0.2) is 68.3 Å². The second-order valence-electron chi connectivity index (χ2n) is 6.38. The van der Waals surface area contributed by atoms with Gasteiger partial charge in [-0.2, -0.15) is 0 Å². The van der Waals surface area contributed by atoms with Crippen molar-refractivity contribution in [1.82, 2.24) is 9.80 Å².